The Morgan fingerprint density at radius 1 is 1.20 bits per heavy atom. The van der Waals surface area contributed by atoms with Crippen LogP contribution in [-0.2, 0) is 0 Å². The fraction of sp³-hybridized carbons (Fsp3) is 0.286. The molecule has 1 aromatic carbocycles. The molecule has 3 N–H and O–H groups in total. The second kappa shape index (κ2) is 5.85. The number of nitrogen functional groups attached to an aromatic ring is 1. The van der Waals surface area contributed by atoms with E-state index in [2.05, 4.69) is 15.3 Å². The van der Waals surface area contributed by atoms with Gasteiger partial charge in [-0.3, -0.25) is 0 Å². The van der Waals surface area contributed by atoms with Gasteiger partial charge in [0.2, 0.25) is 0 Å². The summed E-state index contributed by atoms with van der Waals surface area (Å²) in [7, 11) is 0. The molecule has 2 aromatic rings. The molecule has 0 saturated heterocycles. The van der Waals surface area contributed by atoms with E-state index in [0.717, 1.165) is 5.56 Å². The predicted octanol–water partition coefficient (Wildman–Crippen LogP) is 4.54. The van der Waals surface area contributed by atoms with E-state index in [-0.39, 0.29) is 5.92 Å². The van der Waals surface area contributed by atoms with Gasteiger partial charge in [-0.05, 0) is 25.1 Å². The van der Waals surface area contributed by atoms with E-state index in [0.29, 0.717) is 33.2 Å². The largest absolute Gasteiger partial charge is 0.383 e. The Kier molecular flexibility index (Phi) is 4.35. The van der Waals surface area contributed by atoms with Crippen molar-refractivity contribution in [3.05, 3.63) is 39.6 Å². The molecule has 0 fully saturated rings. The van der Waals surface area contributed by atoms with Crippen LogP contribution in [0.3, 0.4) is 0 Å². The lowest BCUT2D eigenvalue weighted by molar-refractivity contribution is 0.776. The monoisotopic (exact) mass is 310 g/mol. The number of nitrogens with two attached hydrogens (primary N) is 1. The molecule has 0 radical (unpaired) electrons. The lowest BCUT2D eigenvalue weighted by Crippen LogP contribution is -2.08. The summed E-state index contributed by atoms with van der Waals surface area (Å²) in [4.78, 5) is 8.78. The van der Waals surface area contributed by atoms with Crippen LogP contribution in [0.1, 0.15) is 31.2 Å². The highest BCUT2D eigenvalue weighted by molar-refractivity contribution is 6.35. The highest BCUT2D eigenvalue weighted by Crippen LogP contribution is 2.30. The molecule has 0 aliphatic heterocycles. The number of halogens is 2. The Labute approximate surface area is 128 Å². The summed E-state index contributed by atoms with van der Waals surface area (Å²) < 4.78 is 0. The number of hydrogen-bond acceptors (Lipinski definition) is 4. The summed E-state index contributed by atoms with van der Waals surface area (Å²) in [5.41, 5.74) is 7.40. The van der Waals surface area contributed by atoms with Gasteiger partial charge in [-0.2, -0.15) is 0 Å². The van der Waals surface area contributed by atoms with Crippen LogP contribution in [-0.4, -0.2) is 9.97 Å². The Bertz CT molecular complexity index is 641. The fourth-order valence-electron chi connectivity index (χ4n) is 1.65. The van der Waals surface area contributed by atoms with Gasteiger partial charge in [0, 0.05) is 16.5 Å². The summed E-state index contributed by atoms with van der Waals surface area (Å²) >= 11 is 12.1. The van der Waals surface area contributed by atoms with Crippen molar-refractivity contribution in [1.29, 1.82) is 0 Å². The quantitative estimate of drug-likeness (QED) is 0.873. The zero-order chi connectivity index (χ0) is 14.9. The average Bonchev–Trinajstić information content (AvgIpc) is 2.38. The molecular weight excluding hydrogens is 295 g/mol. The van der Waals surface area contributed by atoms with Crippen molar-refractivity contribution >= 4 is 40.5 Å². The molecule has 4 nitrogen and oxygen atoms in total. The van der Waals surface area contributed by atoms with Crippen LogP contribution in [0.4, 0.5) is 17.3 Å². The van der Waals surface area contributed by atoms with E-state index in [4.69, 9.17) is 28.9 Å². The summed E-state index contributed by atoms with van der Waals surface area (Å²) in [6, 6.07) is 5.21. The number of nitrogens with one attached hydrogen (secondary N) is 1. The van der Waals surface area contributed by atoms with Crippen LogP contribution in [0.15, 0.2) is 18.2 Å². The van der Waals surface area contributed by atoms with Gasteiger partial charge in [0.1, 0.15) is 17.5 Å². The van der Waals surface area contributed by atoms with Gasteiger partial charge in [-0.1, -0.05) is 37.0 Å². The zero-order valence-electron chi connectivity index (χ0n) is 11.5. The molecule has 0 spiro atoms. The Morgan fingerprint density at radius 2 is 1.90 bits per heavy atom. The van der Waals surface area contributed by atoms with E-state index >= 15 is 0 Å². The van der Waals surface area contributed by atoms with Gasteiger partial charge in [0.05, 0.1) is 10.7 Å². The van der Waals surface area contributed by atoms with Crippen molar-refractivity contribution in [2.45, 2.75) is 26.7 Å². The van der Waals surface area contributed by atoms with Gasteiger partial charge in [0.25, 0.3) is 0 Å². The third kappa shape index (κ3) is 3.14. The molecule has 1 heterocycles. The van der Waals surface area contributed by atoms with Crippen LogP contribution in [0.25, 0.3) is 0 Å². The van der Waals surface area contributed by atoms with Crippen molar-refractivity contribution in [2.75, 3.05) is 11.1 Å². The highest BCUT2D eigenvalue weighted by atomic mass is 35.5. The Hall–Kier alpha value is -1.52. The zero-order valence-corrected chi connectivity index (χ0v) is 13.0. The topological polar surface area (TPSA) is 63.8 Å². The molecule has 0 saturated carbocycles. The molecule has 20 heavy (non-hydrogen) atoms. The number of nitrogens with zero attached hydrogens (tertiary/aromatic N) is 2. The van der Waals surface area contributed by atoms with Crippen LogP contribution >= 0.6 is 23.2 Å². The second-order valence-corrected chi connectivity index (χ2v) is 5.69. The third-order valence-corrected chi connectivity index (χ3v) is 3.46. The molecule has 0 atom stereocenters. The van der Waals surface area contributed by atoms with Gasteiger partial charge < -0.3 is 11.1 Å². The molecule has 2 rings (SSSR count). The summed E-state index contributed by atoms with van der Waals surface area (Å²) in [6.07, 6.45) is 0. The lowest BCUT2D eigenvalue weighted by Gasteiger charge is -2.14. The first-order chi connectivity index (χ1) is 9.38. The summed E-state index contributed by atoms with van der Waals surface area (Å²) in [5, 5.41) is 4.33. The van der Waals surface area contributed by atoms with Crippen LogP contribution in [0.2, 0.25) is 10.0 Å². The molecule has 6 heteroatoms. The van der Waals surface area contributed by atoms with Crippen LogP contribution in [0.5, 0.6) is 0 Å². The van der Waals surface area contributed by atoms with Crippen molar-refractivity contribution in [2.24, 2.45) is 0 Å². The fourth-order valence-corrected chi connectivity index (χ4v) is 1.99. The van der Waals surface area contributed by atoms with E-state index in [1.807, 2.05) is 20.8 Å². The van der Waals surface area contributed by atoms with E-state index < -0.39 is 0 Å². The van der Waals surface area contributed by atoms with Crippen LogP contribution < -0.4 is 11.1 Å². The molecule has 0 unspecified atom stereocenters. The first kappa shape index (κ1) is 14.9. The maximum absolute atomic E-state index is 6.14. The highest BCUT2D eigenvalue weighted by Gasteiger charge is 2.12. The number of hydrogen-bond donors (Lipinski definition) is 2. The van der Waals surface area contributed by atoms with Crippen molar-refractivity contribution < 1.29 is 0 Å². The minimum Gasteiger partial charge on any atom is -0.383 e. The predicted molar refractivity (Wildman–Crippen MR) is 85.0 cm³/mol. The molecule has 106 valence electrons. The third-order valence-electron chi connectivity index (χ3n) is 2.90. The molecular formula is C14H16Cl2N4. The van der Waals surface area contributed by atoms with Gasteiger partial charge in [0.15, 0.2) is 0 Å². The average molecular weight is 311 g/mol. The number of aromatic nitrogens is 2. The Morgan fingerprint density at radius 3 is 2.55 bits per heavy atom. The van der Waals surface area contributed by atoms with E-state index in [1.54, 1.807) is 18.2 Å². The molecule has 0 aliphatic rings. The molecule has 1 aromatic heterocycles. The van der Waals surface area contributed by atoms with Crippen LogP contribution in [0, 0.1) is 6.92 Å². The number of benzene rings is 1. The number of rotatable bonds is 3. The normalized spacial score (nSPS) is 10.9. The van der Waals surface area contributed by atoms with Crippen molar-refractivity contribution in [1.82, 2.24) is 9.97 Å². The standard InChI is InChI=1S/C14H16Cl2N4/c1-7(2)13-19-12(17)8(3)14(20-13)18-11-6-9(15)4-5-10(11)16/h4-7H,1-3H3,(H3,17,18,19,20). The molecule has 0 amide bonds. The maximum atomic E-state index is 6.14. The smallest absolute Gasteiger partial charge is 0.139 e. The Balaban J connectivity index is 2.45. The SMILES string of the molecule is Cc1c(N)nc(C(C)C)nc1Nc1cc(Cl)ccc1Cl. The maximum Gasteiger partial charge on any atom is 0.139 e. The number of anilines is 3. The van der Waals surface area contributed by atoms with E-state index in [1.165, 1.54) is 0 Å². The van der Waals surface area contributed by atoms with Gasteiger partial charge in [-0.25, -0.2) is 9.97 Å². The van der Waals surface area contributed by atoms with Crippen molar-refractivity contribution in [3.63, 3.8) is 0 Å². The van der Waals surface area contributed by atoms with Gasteiger partial charge in [-0.15, -0.1) is 0 Å². The van der Waals surface area contributed by atoms with Crippen molar-refractivity contribution in [3.8, 4) is 0 Å². The lowest BCUT2D eigenvalue weighted by atomic mass is 10.2. The summed E-state index contributed by atoms with van der Waals surface area (Å²) in [5.74, 6) is 1.98. The van der Waals surface area contributed by atoms with E-state index in [9.17, 15) is 0 Å². The molecule has 0 bridgehead atoms. The summed E-state index contributed by atoms with van der Waals surface area (Å²) in [6.45, 7) is 5.89. The minimum absolute atomic E-state index is 0.188. The first-order valence-electron chi connectivity index (χ1n) is 6.24. The first-order valence-corrected chi connectivity index (χ1v) is 7.00. The second-order valence-electron chi connectivity index (χ2n) is 4.84. The van der Waals surface area contributed by atoms with Gasteiger partial charge >= 0.3 is 0 Å². The minimum atomic E-state index is 0.188. The molecule has 0 aliphatic carbocycles.